The van der Waals surface area contributed by atoms with Crippen LogP contribution in [0.2, 0.25) is 0 Å². The Morgan fingerprint density at radius 3 is 2.73 bits per heavy atom. The number of nitrogens with zero attached hydrogens (tertiary/aromatic N) is 2. The fourth-order valence-corrected chi connectivity index (χ4v) is 1.94. The molecule has 3 nitrogen and oxygen atoms in total. The van der Waals surface area contributed by atoms with E-state index < -0.39 is 0 Å². The molecule has 0 aliphatic heterocycles. The fourth-order valence-electron chi connectivity index (χ4n) is 1.40. The molecule has 1 heterocycles. The van der Waals surface area contributed by atoms with Crippen molar-refractivity contribution < 1.29 is 0 Å². The zero-order valence-electron chi connectivity index (χ0n) is 8.77. The number of nitrogens with two attached hydrogens (primary N) is 1. The second-order valence-electron chi connectivity index (χ2n) is 3.33. The van der Waals surface area contributed by atoms with Gasteiger partial charge in [0.15, 0.2) is 0 Å². The van der Waals surface area contributed by atoms with Crippen LogP contribution in [0.3, 0.4) is 0 Å². The minimum Gasteiger partial charge on any atom is -0.398 e. The van der Waals surface area contributed by atoms with E-state index in [2.05, 4.69) is 5.10 Å². The number of nitrogen functional groups attached to an aromatic ring is 1. The van der Waals surface area contributed by atoms with Crippen LogP contribution in [0.5, 0.6) is 0 Å². The maximum atomic E-state index is 5.83. The maximum absolute atomic E-state index is 5.83. The lowest BCUT2D eigenvalue weighted by atomic mass is 10.3. The van der Waals surface area contributed by atoms with Gasteiger partial charge in [-0.05, 0) is 37.4 Å². The van der Waals surface area contributed by atoms with Gasteiger partial charge in [0, 0.05) is 16.8 Å². The zero-order chi connectivity index (χ0) is 10.8. The van der Waals surface area contributed by atoms with Gasteiger partial charge >= 0.3 is 0 Å². The number of aryl methyl sites for hydroxylation is 1. The van der Waals surface area contributed by atoms with Crippen molar-refractivity contribution >= 4 is 17.4 Å². The molecular formula is C11H13N3S. The average Bonchev–Trinajstić information content (AvgIpc) is 2.66. The van der Waals surface area contributed by atoms with Gasteiger partial charge in [0.1, 0.15) is 0 Å². The molecule has 0 radical (unpaired) electrons. The van der Waals surface area contributed by atoms with Crippen LogP contribution in [0.4, 0.5) is 5.69 Å². The molecule has 2 aromatic rings. The number of thioether (sulfide) groups is 1. The molecular weight excluding hydrogens is 206 g/mol. The smallest absolute Gasteiger partial charge is 0.0658 e. The van der Waals surface area contributed by atoms with E-state index in [4.69, 9.17) is 5.73 Å². The molecule has 0 bridgehead atoms. The summed E-state index contributed by atoms with van der Waals surface area (Å²) in [5, 5.41) is 4.35. The molecule has 0 unspecified atom stereocenters. The molecule has 0 amide bonds. The van der Waals surface area contributed by atoms with Crippen LogP contribution in [-0.2, 0) is 0 Å². The molecule has 15 heavy (non-hydrogen) atoms. The van der Waals surface area contributed by atoms with Crippen LogP contribution in [0, 0.1) is 6.92 Å². The van der Waals surface area contributed by atoms with Gasteiger partial charge in [0.2, 0.25) is 0 Å². The molecule has 0 atom stereocenters. The summed E-state index contributed by atoms with van der Waals surface area (Å²) in [4.78, 5) is 1.08. The Kier molecular flexibility index (Phi) is 2.68. The first-order chi connectivity index (χ1) is 7.20. The lowest BCUT2D eigenvalue weighted by Gasteiger charge is -2.06. The van der Waals surface area contributed by atoms with E-state index in [0.717, 1.165) is 22.0 Å². The van der Waals surface area contributed by atoms with Crippen molar-refractivity contribution in [3.8, 4) is 5.69 Å². The number of hydrogen-bond acceptors (Lipinski definition) is 3. The van der Waals surface area contributed by atoms with Crippen LogP contribution >= 0.6 is 11.8 Å². The van der Waals surface area contributed by atoms with Gasteiger partial charge in [0.25, 0.3) is 0 Å². The third kappa shape index (κ3) is 1.99. The van der Waals surface area contributed by atoms with E-state index in [9.17, 15) is 0 Å². The predicted octanol–water partition coefficient (Wildman–Crippen LogP) is 2.48. The monoisotopic (exact) mass is 219 g/mol. The molecule has 0 spiro atoms. The van der Waals surface area contributed by atoms with Gasteiger partial charge in [-0.2, -0.15) is 5.10 Å². The Morgan fingerprint density at radius 2 is 2.13 bits per heavy atom. The van der Waals surface area contributed by atoms with Crippen molar-refractivity contribution in [3.63, 3.8) is 0 Å². The highest BCUT2D eigenvalue weighted by Crippen LogP contribution is 2.25. The summed E-state index contributed by atoms with van der Waals surface area (Å²) < 4.78 is 1.86. The van der Waals surface area contributed by atoms with Crippen LogP contribution < -0.4 is 5.73 Å². The van der Waals surface area contributed by atoms with E-state index in [0.29, 0.717) is 0 Å². The fraction of sp³-hybridized carbons (Fsp3) is 0.182. The Morgan fingerprint density at radius 1 is 1.33 bits per heavy atom. The minimum atomic E-state index is 0.815. The molecule has 78 valence electrons. The first kappa shape index (κ1) is 10.1. The van der Waals surface area contributed by atoms with Gasteiger partial charge in [-0.15, -0.1) is 11.8 Å². The molecule has 2 N–H and O–H groups in total. The zero-order valence-corrected chi connectivity index (χ0v) is 9.58. The van der Waals surface area contributed by atoms with Gasteiger partial charge in [-0.3, -0.25) is 0 Å². The summed E-state index contributed by atoms with van der Waals surface area (Å²) in [7, 11) is 0. The molecule has 0 saturated heterocycles. The van der Waals surface area contributed by atoms with Crippen molar-refractivity contribution in [1.82, 2.24) is 9.78 Å². The molecule has 1 aromatic heterocycles. The number of aromatic nitrogens is 2. The topological polar surface area (TPSA) is 43.8 Å². The SMILES string of the molecule is CSc1cc(-n2ccc(C)n2)ccc1N. The van der Waals surface area contributed by atoms with E-state index in [1.165, 1.54) is 0 Å². The maximum Gasteiger partial charge on any atom is 0.0658 e. The minimum absolute atomic E-state index is 0.815. The Balaban J connectivity index is 2.45. The van der Waals surface area contributed by atoms with Crippen molar-refractivity contribution in [2.75, 3.05) is 12.0 Å². The Bertz CT molecular complexity index is 476. The molecule has 1 aromatic carbocycles. The summed E-state index contributed by atoms with van der Waals surface area (Å²) in [6.45, 7) is 1.98. The highest BCUT2D eigenvalue weighted by Gasteiger charge is 2.02. The predicted molar refractivity (Wildman–Crippen MR) is 64.5 cm³/mol. The molecule has 4 heteroatoms. The first-order valence-corrected chi connectivity index (χ1v) is 5.89. The van der Waals surface area contributed by atoms with Gasteiger partial charge in [0.05, 0.1) is 11.4 Å². The van der Waals surface area contributed by atoms with Crippen molar-refractivity contribution in [2.24, 2.45) is 0 Å². The summed E-state index contributed by atoms with van der Waals surface area (Å²) >= 11 is 1.64. The molecule has 0 aliphatic carbocycles. The Labute approximate surface area is 93.3 Å². The van der Waals surface area contributed by atoms with Crippen LogP contribution in [-0.4, -0.2) is 16.0 Å². The summed E-state index contributed by atoms with van der Waals surface area (Å²) in [6, 6.07) is 7.92. The van der Waals surface area contributed by atoms with Crippen LogP contribution in [0.15, 0.2) is 35.4 Å². The van der Waals surface area contributed by atoms with Gasteiger partial charge < -0.3 is 5.73 Å². The van der Waals surface area contributed by atoms with Crippen molar-refractivity contribution in [1.29, 1.82) is 0 Å². The molecule has 0 fully saturated rings. The van der Waals surface area contributed by atoms with Crippen LogP contribution in [0.25, 0.3) is 5.69 Å². The van der Waals surface area contributed by atoms with Crippen molar-refractivity contribution in [2.45, 2.75) is 11.8 Å². The van der Waals surface area contributed by atoms with Crippen molar-refractivity contribution in [3.05, 3.63) is 36.2 Å². The number of benzene rings is 1. The first-order valence-electron chi connectivity index (χ1n) is 4.67. The molecule has 2 rings (SSSR count). The van der Waals surface area contributed by atoms with Gasteiger partial charge in [-0.25, -0.2) is 4.68 Å². The summed E-state index contributed by atoms with van der Waals surface area (Å²) in [5.41, 5.74) is 8.70. The highest BCUT2D eigenvalue weighted by molar-refractivity contribution is 7.98. The van der Waals surface area contributed by atoms with E-state index in [-0.39, 0.29) is 0 Å². The van der Waals surface area contributed by atoms with E-state index >= 15 is 0 Å². The molecule has 0 saturated carbocycles. The number of anilines is 1. The Hall–Kier alpha value is -1.42. The quantitative estimate of drug-likeness (QED) is 0.623. The van der Waals surface area contributed by atoms with Crippen LogP contribution in [0.1, 0.15) is 5.69 Å². The number of hydrogen-bond donors (Lipinski definition) is 1. The highest BCUT2D eigenvalue weighted by atomic mass is 32.2. The summed E-state index contributed by atoms with van der Waals surface area (Å²) in [6.07, 6.45) is 3.97. The second-order valence-corrected chi connectivity index (χ2v) is 4.18. The molecule has 0 aliphatic rings. The third-order valence-corrected chi connectivity index (χ3v) is 3.00. The second kappa shape index (κ2) is 3.98. The normalized spacial score (nSPS) is 10.5. The lowest BCUT2D eigenvalue weighted by molar-refractivity contribution is 0.860. The van der Waals surface area contributed by atoms with E-state index in [1.807, 2.05) is 48.3 Å². The largest absolute Gasteiger partial charge is 0.398 e. The van der Waals surface area contributed by atoms with E-state index in [1.54, 1.807) is 11.8 Å². The lowest BCUT2D eigenvalue weighted by Crippen LogP contribution is -1.97. The van der Waals surface area contributed by atoms with Gasteiger partial charge in [-0.1, -0.05) is 0 Å². The standard InChI is InChI=1S/C11H13N3S/c1-8-5-6-14(13-8)9-3-4-10(12)11(7-9)15-2/h3-7H,12H2,1-2H3. The third-order valence-electron chi connectivity index (χ3n) is 2.20. The summed E-state index contributed by atoms with van der Waals surface area (Å²) in [5.74, 6) is 0. The number of rotatable bonds is 2. The average molecular weight is 219 g/mol.